The number of rotatable bonds is 3. The number of benzene rings is 2. The molecule has 1 aliphatic heterocycles. The second-order valence-corrected chi connectivity index (χ2v) is 7.11. The van der Waals surface area contributed by atoms with Crippen LogP contribution in [-0.2, 0) is 4.79 Å². The van der Waals surface area contributed by atoms with Gasteiger partial charge in [-0.2, -0.15) is 4.68 Å². The fourth-order valence-corrected chi connectivity index (χ4v) is 4.26. The zero-order valence-electron chi connectivity index (χ0n) is 14.2. The standard InChI is InChI=1S/C18H14N4O4S/c1-11-19-15-5-3-2-4-14(15)17(24)20(11)21-16(23)10-27-18(21)12-6-8-13(9-7-12)22(25)26/h2-9,18H,10H2,1H3. The van der Waals surface area contributed by atoms with Crippen LogP contribution in [0.25, 0.3) is 10.9 Å². The van der Waals surface area contributed by atoms with Crippen LogP contribution < -0.4 is 10.6 Å². The van der Waals surface area contributed by atoms with Gasteiger partial charge in [-0.1, -0.05) is 12.1 Å². The highest BCUT2D eigenvalue weighted by atomic mass is 32.2. The Hall–Kier alpha value is -3.20. The van der Waals surface area contributed by atoms with Crippen LogP contribution in [0.4, 0.5) is 5.69 Å². The molecule has 3 aromatic rings. The zero-order chi connectivity index (χ0) is 19.1. The molecule has 4 rings (SSSR count). The van der Waals surface area contributed by atoms with Crippen molar-refractivity contribution in [2.24, 2.45) is 0 Å². The van der Waals surface area contributed by atoms with Crippen molar-refractivity contribution < 1.29 is 9.72 Å². The lowest BCUT2D eigenvalue weighted by atomic mass is 10.2. The predicted molar refractivity (Wildman–Crippen MR) is 102 cm³/mol. The second kappa shape index (κ2) is 6.51. The Morgan fingerprint density at radius 2 is 1.85 bits per heavy atom. The second-order valence-electron chi connectivity index (χ2n) is 6.04. The molecule has 1 aliphatic rings. The fraction of sp³-hybridized carbons (Fsp3) is 0.167. The van der Waals surface area contributed by atoms with Gasteiger partial charge in [0.2, 0.25) is 0 Å². The topological polar surface area (TPSA) is 98.3 Å². The van der Waals surface area contributed by atoms with Gasteiger partial charge in [-0.05, 0) is 36.8 Å². The lowest BCUT2D eigenvalue weighted by molar-refractivity contribution is -0.384. The highest BCUT2D eigenvalue weighted by Gasteiger charge is 2.36. The maximum Gasteiger partial charge on any atom is 0.280 e. The Bertz CT molecular complexity index is 1130. The molecule has 9 heteroatoms. The molecule has 1 unspecified atom stereocenters. The largest absolute Gasteiger partial charge is 0.280 e. The first kappa shape index (κ1) is 17.2. The maximum atomic E-state index is 13.0. The van der Waals surface area contributed by atoms with E-state index in [0.29, 0.717) is 22.3 Å². The van der Waals surface area contributed by atoms with Crippen LogP contribution >= 0.6 is 11.8 Å². The van der Waals surface area contributed by atoms with Gasteiger partial charge in [-0.15, -0.1) is 11.8 Å². The molecule has 27 heavy (non-hydrogen) atoms. The minimum atomic E-state index is -0.476. The number of nitro groups is 1. The molecule has 2 aromatic carbocycles. The number of carbonyl (C=O) groups excluding carboxylic acids is 1. The maximum absolute atomic E-state index is 13.0. The lowest BCUT2D eigenvalue weighted by Crippen LogP contribution is -2.46. The average Bonchev–Trinajstić information content (AvgIpc) is 3.03. The molecular formula is C18H14N4O4S. The van der Waals surface area contributed by atoms with E-state index in [4.69, 9.17) is 0 Å². The molecule has 1 amide bonds. The van der Waals surface area contributed by atoms with Crippen molar-refractivity contribution in [3.8, 4) is 0 Å². The number of hydrogen-bond donors (Lipinski definition) is 0. The van der Waals surface area contributed by atoms with Crippen molar-refractivity contribution in [3.05, 3.63) is 80.4 Å². The van der Waals surface area contributed by atoms with E-state index in [2.05, 4.69) is 4.98 Å². The molecular weight excluding hydrogens is 368 g/mol. The molecule has 136 valence electrons. The summed E-state index contributed by atoms with van der Waals surface area (Å²) < 4.78 is 1.30. The number of aryl methyl sites for hydroxylation is 1. The molecule has 0 aliphatic carbocycles. The van der Waals surface area contributed by atoms with Crippen LogP contribution in [0.15, 0.2) is 53.3 Å². The number of hydrogen-bond acceptors (Lipinski definition) is 6. The van der Waals surface area contributed by atoms with E-state index in [-0.39, 0.29) is 22.9 Å². The molecule has 0 spiro atoms. The number of aromatic nitrogens is 2. The average molecular weight is 382 g/mol. The van der Waals surface area contributed by atoms with Gasteiger partial charge in [-0.25, -0.2) is 9.99 Å². The van der Waals surface area contributed by atoms with Crippen molar-refractivity contribution in [2.45, 2.75) is 12.3 Å². The molecule has 2 heterocycles. The van der Waals surface area contributed by atoms with E-state index in [9.17, 15) is 19.7 Å². The van der Waals surface area contributed by atoms with Crippen LogP contribution in [0, 0.1) is 17.0 Å². The Labute approximate surface area is 157 Å². The summed E-state index contributed by atoms with van der Waals surface area (Å²) in [5.41, 5.74) is 0.930. The highest BCUT2D eigenvalue weighted by Crippen LogP contribution is 2.37. The molecule has 1 fully saturated rings. The predicted octanol–water partition coefficient (Wildman–Crippen LogP) is 2.52. The third kappa shape index (κ3) is 2.85. The van der Waals surface area contributed by atoms with E-state index >= 15 is 0 Å². The van der Waals surface area contributed by atoms with Gasteiger partial charge in [0.25, 0.3) is 17.2 Å². The van der Waals surface area contributed by atoms with Gasteiger partial charge < -0.3 is 0 Å². The van der Waals surface area contributed by atoms with E-state index in [1.165, 1.54) is 33.6 Å². The number of non-ortho nitro benzene ring substituents is 1. The van der Waals surface area contributed by atoms with Gasteiger partial charge in [0.15, 0.2) is 0 Å². The Morgan fingerprint density at radius 3 is 2.56 bits per heavy atom. The SMILES string of the molecule is Cc1nc2ccccc2c(=O)n1N1C(=O)CSC1c1ccc([N+](=O)[O-])cc1. The van der Waals surface area contributed by atoms with Gasteiger partial charge >= 0.3 is 0 Å². The molecule has 0 saturated carbocycles. The Balaban J connectivity index is 1.84. The van der Waals surface area contributed by atoms with Crippen molar-refractivity contribution in [3.63, 3.8) is 0 Å². The molecule has 1 atom stereocenters. The zero-order valence-corrected chi connectivity index (χ0v) is 15.0. The summed E-state index contributed by atoms with van der Waals surface area (Å²) in [5.74, 6) is 0.396. The summed E-state index contributed by atoms with van der Waals surface area (Å²) in [5, 5.41) is 12.2. The summed E-state index contributed by atoms with van der Waals surface area (Å²) in [6.07, 6.45) is 0. The van der Waals surface area contributed by atoms with Crippen molar-refractivity contribution in [1.29, 1.82) is 0 Å². The summed E-state index contributed by atoms with van der Waals surface area (Å²) in [7, 11) is 0. The number of amides is 1. The molecule has 0 radical (unpaired) electrons. The Kier molecular flexibility index (Phi) is 4.15. The number of thioether (sulfide) groups is 1. The molecule has 1 aromatic heterocycles. The third-order valence-electron chi connectivity index (χ3n) is 4.36. The smallest absolute Gasteiger partial charge is 0.272 e. The van der Waals surface area contributed by atoms with Crippen LogP contribution in [0.3, 0.4) is 0 Å². The highest BCUT2D eigenvalue weighted by molar-refractivity contribution is 8.00. The summed E-state index contributed by atoms with van der Waals surface area (Å²) >= 11 is 1.36. The summed E-state index contributed by atoms with van der Waals surface area (Å²) in [4.78, 5) is 40.5. The van der Waals surface area contributed by atoms with Crippen molar-refractivity contribution in [2.75, 3.05) is 10.8 Å². The normalized spacial score (nSPS) is 16.9. The Morgan fingerprint density at radius 1 is 1.15 bits per heavy atom. The van der Waals surface area contributed by atoms with Gasteiger partial charge in [-0.3, -0.25) is 19.7 Å². The summed E-state index contributed by atoms with van der Waals surface area (Å²) in [6, 6.07) is 13.0. The first-order chi connectivity index (χ1) is 13.0. The molecule has 8 nitrogen and oxygen atoms in total. The van der Waals surface area contributed by atoms with E-state index < -0.39 is 10.3 Å². The third-order valence-corrected chi connectivity index (χ3v) is 5.56. The van der Waals surface area contributed by atoms with Crippen molar-refractivity contribution in [1.82, 2.24) is 9.66 Å². The van der Waals surface area contributed by atoms with Crippen LogP contribution in [0.2, 0.25) is 0 Å². The van der Waals surface area contributed by atoms with Gasteiger partial charge in [0, 0.05) is 12.1 Å². The summed E-state index contributed by atoms with van der Waals surface area (Å²) in [6.45, 7) is 1.68. The van der Waals surface area contributed by atoms with E-state index in [1.807, 2.05) is 0 Å². The van der Waals surface area contributed by atoms with E-state index in [0.717, 1.165) is 0 Å². The van der Waals surface area contributed by atoms with E-state index in [1.54, 1.807) is 43.3 Å². The molecule has 0 bridgehead atoms. The molecule has 0 N–H and O–H groups in total. The van der Waals surface area contributed by atoms with Gasteiger partial charge in [0.1, 0.15) is 11.2 Å². The lowest BCUT2D eigenvalue weighted by Gasteiger charge is -2.27. The number of nitro benzene ring substituents is 1. The monoisotopic (exact) mass is 382 g/mol. The number of carbonyl (C=O) groups is 1. The first-order valence-corrected chi connectivity index (χ1v) is 9.19. The minimum absolute atomic E-state index is 0.0275. The first-order valence-electron chi connectivity index (χ1n) is 8.14. The minimum Gasteiger partial charge on any atom is -0.272 e. The number of fused-ring (bicyclic) bond motifs is 1. The van der Waals surface area contributed by atoms with Crippen molar-refractivity contribution >= 4 is 34.3 Å². The number of para-hydroxylation sites is 1. The quantitative estimate of drug-likeness (QED) is 0.510. The molecule has 1 saturated heterocycles. The van der Waals surface area contributed by atoms with Crippen LogP contribution in [-0.4, -0.2) is 26.2 Å². The fourth-order valence-electron chi connectivity index (χ4n) is 3.12. The van der Waals surface area contributed by atoms with Crippen LogP contribution in [0.5, 0.6) is 0 Å². The number of nitrogens with zero attached hydrogens (tertiary/aromatic N) is 4. The van der Waals surface area contributed by atoms with Gasteiger partial charge in [0.05, 0.1) is 21.6 Å². The van der Waals surface area contributed by atoms with Crippen LogP contribution in [0.1, 0.15) is 16.8 Å².